The van der Waals surface area contributed by atoms with Crippen LogP contribution in [0.3, 0.4) is 0 Å². The van der Waals surface area contributed by atoms with Crippen LogP contribution in [0.1, 0.15) is 87.2 Å². The second-order valence-electron chi connectivity index (χ2n) is 9.21. The van der Waals surface area contributed by atoms with Crippen molar-refractivity contribution < 1.29 is 4.79 Å². The molecule has 0 saturated carbocycles. The van der Waals surface area contributed by atoms with E-state index in [-0.39, 0.29) is 17.4 Å². The topological polar surface area (TPSA) is 29.1 Å². The van der Waals surface area contributed by atoms with E-state index in [4.69, 9.17) is 0 Å². The molecule has 1 N–H and O–H groups in total. The van der Waals surface area contributed by atoms with E-state index < -0.39 is 0 Å². The standard InChI is InChI=1S/C26H35NO/c1-5-24(22-14-13-20-8-6-7-9-21(20)18-22)27-25(28)17-12-19-10-15-23(16-11-19)26(2,3)4/h10-11,13-16,18,24H,5-9,12,17H2,1-4H3,(H,27,28)/t24-/m1/s1. The van der Waals surface area contributed by atoms with E-state index in [9.17, 15) is 4.79 Å². The molecule has 1 aliphatic rings. The normalized spacial score (nSPS) is 15.0. The van der Waals surface area contributed by atoms with Gasteiger partial charge in [0.25, 0.3) is 0 Å². The van der Waals surface area contributed by atoms with E-state index in [1.165, 1.54) is 53.5 Å². The fraction of sp³-hybridized carbons (Fsp3) is 0.500. The molecule has 1 amide bonds. The molecule has 1 atom stereocenters. The molecule has 0 bridgehead atoms. The fourth-order valence-electron chi connectivity index (χ4n) is 4.09. The lowest BCUT2D eigenvalue weighted by atomic mass is 9.86. The molecule has 0 saturated heterocycles. The first-order valence-corrected chi connectivity index (χ1v) is 10.9. The number of amides is 1. The Bertz CT molecular complexity index is 798. The van der Waals surface area contributed by atoms with Gasteiger partial charge in [-0.15, -0.1) is 0 Å². The monoisotopic (exact) mass is 377 g/mol. The highest BCUT2D eigenvalue weighted by Crippen LogP contribution is 2.26. The zero-order valence-electron chi connectivity index (χ0n) is 18.0. The molecule has 0 aromatic heterocycles. The lowest BCUT2D eigenvalue weighted by Gasteiger charge is -2.22. The zero-order valence-corrected chi connectivity index (χ0v) is 18.0. The van der Waals surface area contributed by atoms with Gasteiger partial charge in [-0.2, -0.15) is 0 Å². The predicted octanol–water partition coefficient (Wildman–Crippen LogP) is 6.06. The Labute approximate surface area is 170 Å². The number of hydrogen-bond donors (Lipinski definition) is 1. The van der Waals surface area contributed by atoms with E-state index in [0.29, 0.717) is 6.42 Å². The minimum Gasteiger partial charge on any atom is -0.349 e. The second-order valence-corrected chi connectivity index (χ2v) is 9.21. The van der Waals surface area contributed by atoms with Crippen LogP contribution in [0.25, 0.3) is 0 Å². The van der Waals surface area contributed by atoms with Crippen molar-refractivity contribution in [3.8, 4) is 0 Å². The van der Waals surface area contributed by atoms with E-state index in [1.54, 1.807) is 0 Å². The summed E-state index contributed by atoms with van der Waals surface area (Å²) in [5, 5.41) is 3.26. The lowest BCUT2D eigenvalue weighted by molar-refractivity contribution is -0.121. The largest absolute Gasteiger partial charge is 0.349 e. The first-order chi connectivity index (χ1) is 13.4. The summed E-state index contributed by atoms with van der Waals surface area (Å²) in [5.74, 6) is 0.143. The summed E-state index contributed by atoms with van der Waals surface area (Å²) >= 11 is 0. The van der Waals surface area contributed by atoms with Crippen LogP contribution in [0.5, 0.6) is 0 Å². The Hall–Kier alpha value is -2.09. The molecule has 0 radical (unpaired) electrons. The predicted molar refractivity (Wildman–Crippen MR) is 118 cm³/mol. The first-order valence-electron chi connectivity index (χ1n) is 10.9. The third-order valence-corrected chi connectivity index (χ3v) is 5.98. The van der Waals surface area contributed by atoms with Crippen LogP contribution < -0.4 is 5.32 Å². The molecular weight excluding hydrogens is 342 g/mol. The summed E-state index contributed by atoms with van der Waals surface area (Å²) in [5.41, 5.74) is 6.96. The van der Waals surface area contributed by atoms with Crippen LogP contribution in [0.2, 0.25) is 0 Å². The molecule has 3 rings (SSSR count). The van der Waals surface area contributed by atoms with Crippen molar-refractivity contribution in [1.82, 2.24) is 5.32 Å². The average Bonchev–Trinajstić information content (AvgIpc) is 2.69. The Morgan fingerprint density at radius 2 is 1.68 bits per heavy atom. The van der Waals surface area contributed by atoms with E-state index in [2.05, 4.69) is 75.5 Å². The van der Waals surface area contributed by atoms with Crippen molar-refractivity contribution in [2.24, 2.45) is 0 Å². The van der Waals surface area contributed by atoms with Gasteiger partial charge in [-0.05, 0) is 71.8 Å². The smallest absolute Gasteiger partial charge is 0.220 e. The number of benzene rings is 2. The molecule has 1 aliphatic carbocycles. The number of carbonyl (C=O) groups excluding carboxylic acids is 1. The van der Waals surface area contributed by atoms with Crippen LogP contribution in [0, 0.1) is 0 Å². The summed E-state index contributed by atoms with van der Waals surface area (Å²) in [6.45, 7) is 8.82. The summed E-state index contributed by atoms with van der Waals surface area (Å²) in [6, 6.07) is 15.6. The van der Waals surface area contributed by atoms with Crippen molar-refractivity contribution in [3.63, 3.8) is 0 Å². The van der Waals surface area contributed by atoms with E-state index in [0.717, 1.165) is 12.8 Å². The van der Waals surface area contributed by atoms with Gasteiger partial charge in [0.05, 0.1) is 6.04 Å². The molecule has 0 fully saturated rings. The lowest BCUT2D eigenvalue weighted by Crippen LogP contribution is -2.28. The zero-order chi connectivity index (χ0) is 20.1. The number of nitrogens with one attached hydrogen (secondary N) is 1. The van der Waals surface area contributed by atoms with Crippen molar-refractivity contribution in [3.05, 3.63) is 70.3 Å². The van der Waals surface area contributed by atoms with Crippen LogP contribution >= 0.6 is 0 Å². The fourth-order valence-corrected chi connectivity index (χ4v) is 4.09. The molecule has 0 spiro atoms. The van der Waals surface area contributed by atoms with Crippen LogP contribution in [-0.4, -0.2) is 5.91 Å². The van der Waals surface area contributed by atoms with Crippen LogP contribution in [-0.2, 0) is 29.5 Å². The van der Waals surface area contributed by atoms with E-state index in [1.807, 2.05) is 0 Å². The Morgan fingerprint density at radius 1 is 1.00 bits per heavy atom. The minimum absolute atomic E-state index is 0.114. The molecule has 150 valence electrons. The number of carbonyl (C=O) groups is 1. The number of rotatable bonds is 6. The maximum absolute atomic E-state index is 12.6. The van der Waals surface area contributed by atoms with Crippen molar-refractivity contribution >= 4 is 5.91 Å². The highest BCUT2D eigenvalue weighted by molar-refractivity contribution is 5.76. The van der Waals surface area contributed by atoms with Crippen molar-refractivity contribution in [1.29, 1.82) is 0 Å². The van der Waals surface area contributed by atoms with Gasteiger partial charge < -0.3 is 5.32 Å². The molecule has 28 heavy (non-hydrogen) atoms. The SMILES string of the molecule is CC[C@@H](NC(=O)CCc1ccc(C(C)(C)C)cc1)c1ccc2c(c1)CCCC2. The average molecular weight is 378 g/mol. The minimum atomic E-state index is 0.114. The quantitative estimate of drug-likeness (QED) is 0.651. The summed E-state index contributed by atoms with van der Waals surface area (Å²) in [6.07, 6.45) is 7.22. The van der Waals surface area contributed by atoms with Gasteiger partial charge in [-0.3, -0.25) is 4.79 Å². The molecule has 0 unspecified atom stereocenters. The van der Waals surface area contributed by atoms with Gasteiger partial charge in [-0.1, -0.05) is 70.2 Å². The van der Waals surface area contributed by atoms with Crippen molar-refractivity contribution in [2.45, 2.75) is 84.1 Å². The Morgan fingerprint density at radius 3 is 2.32 bits per heavy atom. The molecular formula is C26H35NO. The van der Waals surface area contributed by atoms with Gasteiger partial charge >= 0.3 is 0 Å². The van der Waals surface area contributed by atoms with Gasteiger partial charge in [0.2, 0.25) is 5.91 Å². The molecule has 2 aromatic carbocycles. The number of fused-ring (bicyclic) bond motifs is 1. The molecule has 0 aliphatic heterocycles. The van der Waals surface area contributed by atoms with Gasteiger partial charge in [-0.25, -0.2) is 0 Å². The van der Waals surface area contributed by atoms with Crippen molar-refractivity contribution in [2.75, 3.05) is 0 Å². The second kappa shape index (κ2) is 8.94. The third-order valence-electron chi connectivity index (χ3n) is 5.98. The highest BCUT2D eigenvalue weighted by Gasteiger charge is 2.17. The van der Waals surface area contributed by atoms with Gasteiger partial charge in [0, 0.05) is 6.42 Å². The first kappa shape index (κ1) is 20.6. The van der Waals surface area contributed by atoms with E-state index >= 15 is 0 Å². The summed E-state index contributed by atoms with van der Waals surface area (Å²) < 4.78 is 0. The van der Waals surface area contributed by atoms with Gasteiger partial charge in [0.1, 0.15) is 0 Å². The molecule has 2 aromatic rings. The van der Waals surface area contributed by atoms with Gasteiger partial charge in [0.15, 0.2) is 0 Å². The molecule has 2 nitrogen and oxygen atoms in total. The number of hydrogen-bond acceptors (Lipinski definition) is 1. The number of aryl methyl sites for hydroxylation is 3. The third kappa shape index (κ3) is 5.25. The maximum Gasteiger partial charge on any atom is 0.220 e. The summed E-state index contributed by atoms with van der Waals surface area (Å²) in [7, 11) is 0. The molecule has 0 heterocycles. The Kier molecular flexibility index (Phi) is 6.59. The Balaban J connectivity index is 1.57. The maximum atomic E-state index is 12.6. The van der Waals surface area contributed by atoms with Crippen LogP contribution in [0.4, 0.5) is 0 Å². The molecule has 2 heteroatoms. The highest BCUT2D eigenvalue weighted by atomic mass is 16.1. The van der Waals surface area contributed by atoms with Crippen LogP contribution in [0.15, 0.2) is 42.5 Å². The summed E-state index contributed by atoms with van der Waals surface area (Å²) in [4.78, 5) is 12.6.